The van der Waals surface area contributed by atoms with Crippen molar-refractivity contribution in [2.45, 2.75) is 13.2 Å². The van der Waals surface area contributed by atoms with E-state index in [1.54, 1.807) is 4.90 Å². The quantitative estimate of drug-likeness (QED) is 0.528. The maximum atomic E-state index is 12.9. The molecule has 0 radical (unpaired) electrons. The van der Waals surface area contributed by atoms with Crippen LogP contribution in [-0.2, 0) is 17.9 Å². The summed E-state index contributed by atoms with van der Waals surface area (Å²) in [7, 11) is 0. The maximum absolute atomic E-state index is 12.9. The van der Waals surface area contributed by atoms with Gasteiger partial charge in [0.15, 0.2) is 13.2 Å². The van der Waals surface area contributed by atoms with Gasteiger partial charge in [-0.25, -0.2) is 8.78 Å². The van der Waals surface area contributed by atoms with Gasteiger partial charge >= 0.3 is 0 Å². The molecule has 2 aromatic carbocycles. The van der Waals surface area contributed by atoms with E-state index in [0.717, 1.165) is 0 Å². The van der Waals surface area contributed by atoms with Gasteiger partial charge in [0.1, 0.15) is 23.1 Å². The molecular weight excluding hydrogens is 422 g/mol. The predicted molar refractivity (Wildman–Crippen MR) is 109 cm³/mol. The number of nitrogens with zero attached hydrogens (tertiary/aromatic N) is 4. The number of benzene rings is 2. The van der Waals surface area contributed by atoms with Crippen molar-refractivity contribution in [1.29, 1.82) is 0 Å². The summed E-state index contributed by atoms with van der Waals surface area (Å²) < 4.78 is 42.1. The summed E-state index contributed by atoms with van der Waals surface area (Å²) >= 11 is 0. The normalized spacial score (nSPS) is 14.4. The monoisotopic (exact) mass is 444 g/mol. The molecule has 0 N–H and O–H groups in total. The van der Waals surface area contributed by atoms with Crippen LogP contribution in [0.2, 0.25) is 0 Å². The van der Waals surface area contributed by atoms with Crippen LogP contribution in [0.25, 0.3) is 0 Å². The van der Waals surface area contributed by atoms with Crippen molar-refractivity contribution < 1.29 is 27.6 Å². The Labute approximate surface area is 183 Å². The van der Waals surface area contributed by atoms with Gasteiger partial charge in [-0.05, 0) is 48.5 Å². The van der Waals surface area contributed by atoms with E-state index < -0.39 is 0 Å². The molecule has 3 aromatic rings. The molecule has 32 heavy (non-hydrogen) atoms. The summed E-state index contributed by atoms with van der Waals surface area (Å²) in [5.74, 6) is 1.02. The molecule has 1 aliphatic heterocycles. The van der Waals surface area contributed by atoms with Crippen LogP contribution in [-0.4, -0.2) is 58.6 Å². The molecule has 1 fully saturated rings. The number of halogens is 2. The average molecular weight is 444 g/mol. The lowest BCUT2D eigenvalue weighted by Crippen LogP contribution is -2.49. The number of piperazine rings is 1. The van der Waals surface area contributed by atoms with Gasteiger partial charge in [0, 0.05) is 26.2 Å². The minimum absolute atomic E-state index is 0.0906. The maximum Gasteiger partial charge on any atom is 0.260 e. The number of carbonyl (C=O) groups is 1. The Hall–Kier alpha value is -3.53. The molecule has 1 amide bonds. The van der Waals surface area contributed by atoms with Gasteiger partial charge in [-0.3, -0.25) is 9.69 Å². The summed E-state index contributed by atoms with van der Waals surface area (Å²) in [4.78, 5) is 20.5. The van der Waals surface area contributed by atoms with E-state index in [4.69, 9.17) is 14.0 Å². The number of aromatic nitrogens is 2. The third kappa shape index (κ3) is 6.01. The van der Waals surface area contributed by atoms with Gasteiger partial charge < -0.3 is 18.9 Å². The average Bonchev–Trinajstić information content (AvgIpc) is 3.26. The van der Waals surface area contributed by atoms with Gasteiger partial charge in [0.05, 0.1) is 6.54 Å². The predicted octanol–water partition coefficient (Wildman–Crippen LogP) is 2.65. The van der Waals surface area contributed by atoms with Gasteiger partial charge in [-0.2, -0.15) is 4.98 Å². The first-order chi connectivity index (χ1) is 15.5. The van der Waals surface area contributed by atoms with Crippen LogP contribution in [0.5, 0.6) is 11.5 Å². The number of rotatable bonds is 8. The molecule has 168 valence electrons. The lowest BCUT2D eigenvalue weighted by Gasteiger charge is -2.33. The molecule has 2 heterocycles. The van der Waals surface area contributed by atoms with E-state index in [-0.39, 0.29) is 30.8 Å². The van der Waals surface area contributed by atoms with Crippen molar-refractivity contribution >= 4 is 5.91 Å². The summed E-state index contributed by atoms with van der Waals surface area (Å²) in [6, 6.07) is 11.2. The smallest absolute Gasteiger partial charge is 0.260 e. The molecule has 1 saturated heterocycles. The highest BCUT2D eigenvalue weighted by Crippen LogP contribution is 2.14. The van der Waals surface area contributed by atoms with Crippen LogP contribution in [0, 0.1) is 11.6 Å². The van der Waals surface area contributed by atoms with Crippen LogP contribution < -0.4 is 9.47 Å². The standard InChI is InChI=1S/C22H22F2N4O4/c23-16-1-5-18(6-2-16)30-14-20-25-21(32-26-20)13-27-9-11-28(12-10-27)22(29)15-31-19-7-3-17(24)4-8-19/h1-8H,9-15H2. The van der Waals surface area contributed by atoms with E-state index in [2.05, 4.69) is 15.0 Å². The first kappa shape index (κ1) is 21.7. The Bertz CT molecular complexity index is 1020. The Morgan fingerprint density at radius 2 is 1.50 bits per heavy atom. The molecule has 1 aliphatic rings. The lowest BCUT2D eigenvalue weighted by atomic mass is 10.3. The van der Waals surface area contributed by atoms with Crippen molar-refractivity contribution in [3.8, 4) is 11.5 Å². The zero-order valence-corrected chi connectivity index (χ0v) is 17.2. The fourth-order valence-electron chi connectivity index (χ4n) is 3.21. The van der Waals surface area contributed by atoms with Crippen molar-refractivity contribution in [2.24, 2.45) is 0 Å². The Morgan fingerprint density at radius 3 is 2.12 bits per heavy atom. The Morgan fingerprint density at radius 1 is 0.906 bits per heavy atom. The molecule has 0 unspecified atom stereocenters. The zero-order valence-electron chi connectivity index (χ0n) is 17.2. The fourth-order valence-corrected chi connectivity index (χ4v) is 3.21. The number of amides is 1. The summed E-state index contributed by atoms with van der Waals surface area (Å²) in [6.45, 7) is 2.93. The largest absolute Gasteiger partial charge is 0.485 e. The van der Waals surface area contributed by atoms with Crippen LogP contribution in [0.1, 0.15) is 11.7 Å². The van der Waals surface area contributed by atoms with E-state index in [1.807, 2.05) is 0 Å². The van der Waals surface area contributed by atoms with Crippen molar-refractivity contribution in [3.05, 3.63) is 71.9 Å². The zero-order chi connectivity index (χ0) is 22.3. The second kappa shape index (κ2) is 10.2. The molecule has 0 saturated carbocycles. The van der Waals surface area contributed by atoms with Crippen LogP contribution in [0.3, 0.4) is 0 Å². The SMILES string of the molecule is O=C(COc1ccc(F)cc1)N1CCN(Cc2nc(COc3ccc(F)cc3)no2)CC1. The summed E-state index contributed by atoms with van der Waals surface area (Å²) in [5, 5.41) is 3.90. The van der Waals surface area contributed by atoms with Crippen LogP contribution in [0.15, 0.2) is 53.1 Å². The molecule has 4 rings (SSSR count). The van der Waals surface area contributed by atoms with E-state index in [9.17, 15) is 13.6 Å². The van der Waals surface area contributed by atoms with Crippen LogP contribution >= 0.6 is 0 Å². The molecule has 0 aliphatic carbocycles. The van der Waals surface area contributed by atoms with Gasteiger partial charge in [0.2, 0.25) is 11.7 Å². The highest BCUT2D eigenvalue weighted by atomic mass is 19.1. The second-order valence-electron chi connectivity index (χ2n) is 7.25. The topological polar surface area (TPSA) is 80.9 Å². The van der Waals surface area contributed by atoms with Crippen molar-refractivity contribution in [1.82, 2.24) is 19.9 Å². The number of hydrogen-bond donors (Lipinski definition) is 0. The Kier molecular flexibility index (Phi) is 6.90. The number of hydrogen-bond acceptors (Lipinski definition) is 7. The van der Waals surface area contributed by atoms with Crippen molar-refractivity contribution in [3.63, 3.8) is 0 Å². The first-order valence-corrected chi connectivity index (χ1v) is 10.1. The van der Waals surface area contributed by atoms with Gasteiger partial charge in [-0.1, -0.05) is 5.16 Å². The van der Waals surface area contributed by atoms with Crippen molar-refractivity contribution in [2.75, 3.05) is 32.8 Å². The highest BCUT2D eigenvalue weighted by molar-refractivity contribution is 5.77. The van der Waals surface area contributed by atoms with E-state index in [0.29, 0.717) is 55.9 Å². The molecule has 0 spiro atoms. The summed E-state index contributed by atoms with van der Waals surface area (Å²) in [6.07, 6.45) is 0. The van der Waals surface area contributed by atoms with E-state index in [1.165, 1.54) is 48.5 Å². The third-order valence-corrected chi connectivity index (χ3v) is 4.95. The third-order valence-electron chi connectivity index (χ3n) is 4.95. The molecule has 0 bridgehead atoms. The van der Waals surface area contributed by atoms with E-state index >= 15 is 0 Å². The lowest BCUT2D eigenvalue weighted by molar-refractivity contribution is -0.135. The molecular formula is C22H22F2N4O4. The fraction of sp³-hybridized carbons (Fsp3) is 0.318. The minimum atomic E-state index is -0.353. The molecule has 8 nitrogen and oxygen atoms in total. The molecule has 10 heteroatoms. The first-order valence-electron chi connectivity index (χ1n) is 10.1. The second-order valence-corrected chi connectivity index (χ2v) is 7.25. The Balaban J connectivity index is 1.18. The van der Waals surface area contributed by atoms with Crippen LogP contribution in [0.4, 0.5) is 8.78 Å². The highest BCUT2D eigenvalue weighted by Gasteiger charge is 2.23. The minimum Gasteiger partial charge on any atom is -0.485 e. The number of carbonyl (C=O) groups excluding carboxylic acids is 1. The van der Waals surface area contributed by atoms with Gasteiger partial charge in [0.25, 0.3) is 5.91 Å². The molecule has 0 atom stereocenters. The van der Waals surface area contributed by atoms with Gasteiger partial charge in [-0.15, -0.1) is 0 Å². The molecule has 1 aromatic heterocycles. The number of ether oxygens (including phenoxy) is 2. The summed E-state index contributed by atoms with van der Waals surface area (Å²) in [5.41, 5.74) is 0.